The van der Waals surface area contributed by atoms with Crippen molar-refractivity contribution in [1.82, 2.24) is 0 Å². The molecule has 1 N–H and O–H groups in total. The molecule has 2 heterocycles. The lowest BCUT2D eigenvalue weighted by atomic mass is 9.86. The zero-order chi connectivity index (χ0) is 34.3. The van der Waals surface area contributed by atoms with E-state index in [0.29, 0.717) is 62.4 Å². The maximum atomic E-state index is 11.3. The minimum absolute atomic E-state index is 0.130. The topological polar surface area (TPSA) is 84.8 Å². The van der Waals surface area contributed by atoms with Gasteiger partial charge in [0.1, 0.15) is 54.7 Å². The standard InChI is InChI=1S/C39H59ClO8/c1-6-11-19-42-26-32-36(44-20-12-7-2)39(46-22-14-9-4)38(45-21-13-8-3)35(48-32)30-24-28(34(40)37-33(30)31(41)25-47-37)23-27-15-17-29(18-16-27)43-10-5/h15-18,24,31-32,35-36,38-39,41H,6-14,19-23,25-26H2,1-5H3/t31?,32-,35?,36-,38+,39+/m1/s1. The lowest BCUT2D eigenvalue weighted by Gasteiger charge is -2.47. The molecule has 8 nitrogen and oxygen atoms in total. The van der Waals surface area contributed by atoms with Gasteiger partial charge in [0.15, 0.2) is 0 Å². The van der Waals surface area contributed by atoms with Crippen LogP contribution in [0.2, 0.25) is 5.02 Å². The maximum absolute atomic E-state index is 11.3. The Morgan fingerprint density at radius 3 is 2.02 bits per heavy atom. The Morgan fingerprint density at radius 2 is 1.40 bits per heavy atom. The third-order valence-corrected chi connectivity index (χ3v) is 9.42. The summed E-state index contributed by atoms with van der Waals surface area (Å²) in [6.07, 6.45) is 5.34. The second kappa shape index (κ2) is 20.7. The van der Waals surface area contributed by atoms with Gasteiger partial charge in [0.2, 0.25) is 0 Å². The number of hydrogen-bond donors (Lipinski definition) is 1. The van der Waals surface area contributed by atoms with Crippen molar-refractivity contribution in [2.45, 2.75) is 129 Å². The molecular formula is C39H59ClO8. The number of halogens is 1. The van der Waals surface area contributed by atoms with Gasteiger partial charge in [-0.05, 0) is 67.9 Å². The first kappa shape index (κ1) is 38.9. The van der Waals surface area contributed by atoms with Crippen molar-refractivity contribution in [2.24, 2.45) is 0 Å². The molecule has 1 saturated heterocycles. The highest BCUT2D eigenvalue weighted by Gasteiger charge is 2.50. The molecule has 0 bridgehead atoms. The van der Waals surface area contributed by atoms with Gasteiger partial charge in [-0.2, -0.15) is 0 Å². The van der Waals surface area contributed by atoms with E-state index in [4.69, 9.17) is 44.8 Å². The Labute approximate surface area is 293 Å². The van der Waals surface area contributed by atoms with Crippen molar-refractivity contribution < 1.29 is 38.3 Å². The van der Waals surface area contributed by atoms with Gasteiger partial charge in [-0.15, -0.1) is 0 Å². The summed E-state index contributed by atoms with van der Waals surface area (Å²) in [5.41, 5.74) is 3.45. The van der Waals surface area contributed by atoms with Crippen LogP contribution in [0.1, 0.15) is 120 Å². The number of rotatable bonds is 22. The molecule has 6 atom stereocenters. The van der Waals surface area contributed by atoms with Crippen LogP contribution in [0.3, 0.4) is 0 Å². The van der Waals surface area contributed by atoms with Crippen LogP contribution in [-0.2, 0) is 30.1 Å². The molecule has 0 spiro atoms. The smallest absolute Gasteiger partial charge is 0.144 e. The lowest BCUT2D eigenvalue weighted by Crippen LogP contribution is -2.58. The second-order valence-electron chi connectivity index (χ2n) is 12.9. The first-order valence-electron chi connectivity index (χ1n) is 18.4. The molecule has 2 aliphatic heterocycles. The molecule has 0 saturated carbocycles. The number of hydrogen-bond acceptors (Lipinski definition) is 8. The van der Waals surface area contributed by atoms with Gasteiger partial charge in [0.05, 0.1) is 18.2 Å². The van der Waals surface area contributed by atoms with E-state index >= 15 is 0 Å². The van der Waals surface area contributed by atoms with Crippen LogP contribution in [0.4, 0.5) is 0 Å². The first-order chi connectivity index (χ1) is 23.5. The fourth-order valence-corrected chi connectivity index (χ4v) is 6.60. The van der Waals surface area contributed by atoms with Crippen LogP contribution in [0.25, 0.3) is 0 Å². The number of aliphatic hydroxyl groups is 1. The van der Waals surface area contributed by atoms with Crippen molar-refractivity contribution in [2.75, 3.05) is 46.2 Å². The first-order valence-corrected chi connectivity index (χ1v) is 18.8. The van der Waals surface area contributed by atoms with Gasteiger partial charge in [-0.3, -0.25) is 0 Å². The lowest BCUT2D eigenvalue weighted by molar-refractivity contribution is -0.268. The van der Waals surface area contributed by atoms with Gasteiger partial charge in [0, 0.05) is 32.0 Å². The summed E-state index contributed by atoms with van der Waals surface area (Å²) in [5.74, 6) is 1.34. The predicted molar refractivity (Wildman–Crippen MR) is 190 cm³/mol. The van der Waals surface area contributed by atoms with Crippen LogP contribution >= 0.6 is 11.6 Å². The summed E-state index contributed by atoms with van der Waals surface area (Å²) in [4.78, 5) is 0. The summed E-state index contributed by atoms with van der Waals surface area (Å²) < 4.78 is 45.1. The molecule has 270 valence electrons. The molecule has 0 amide bonds. The summed E-state index contributed by atoms with van der Waals surface area (Å²) in [6.45, 7) is 14.1. The molecular weight excluding hydrogens is 632 g/mol. The molecule has 0 radical (unpaired) electrons. The van der Waals surface area contributed by atoms with E-state index in [2.05, 4.69) is 45.9 Å². The number of aliphatic hydroxyl groups excluding tert-OH is 1. The molecule has 2 aromatic rings. The fraction of sp³-hybridized carbons (Fsp3) is 0.692. The van der Waals surface area contributed by atoms with Crippen LogP contribution in [-0.4, -0.2) is 75.8 Å². The molecule has 2 aromatic carbocycles. The van der Waals surface area contributed by atoms with E-state index in [1.54, 1.807) is 0 Å². The van der Waals surface area contributed by atoms with Crippen molar-refractivity contribution in [3.05, 3.63) is 57.6 Å². The van der Waals surface area contributed by atoms with Crippen LogP contribution in [0.15, 0.2) is 30.3 Å². The summed E-state index contributed by atoms with van der Waals surface area (Å²) in [6, 6.07) is 10.1. The van der Waals surface area contributed by atoms with Crippen LogP contribution in [0.5, 0.6) is 11.5 Å². The van der Waals surface area contributed by atoms with E-state index in [1.807, 2.05) is 19.1 Å². The van der Waals surface area contributed by atoms with E-state index in [-0.39, 0.29) is 12.7 Å². The molecule has 9 heteroatoms. The number of benzene rings is 2. The van der Waals surface area contributed by atoms with Gasteiger partial charge in [0.25, 0.3) is 0 Å². The Morgan fingerprint density at radius 1 is 0.792 bits per heavy atom. The Hall–Kier alpha value is -1.91. The number of unbranched alkanes of at least 4 members (excludes halogenated alkanes) is 4. The van der Waals surface area contributed by atoms with Gasteiger partial charge >= 0.3 is 0 Å². The summed E-state index contributed by atoms with van der Waals surface area (Å²) in [5, 5.41) is 11.8. The fourth-order valence-electron chi connectivity index (χ4n) is 6.32. The van der Waals surface area contributed by atoms with Gasteiger partial charge in [-0.25, -0.2) is 0 Å². The third kappa shape index (κ3) is 10.3. The molecule has 48 heavy (non-hydrogen) atoms. The summed E-state index contributed by atoms with van der Waals surface area (Å²) in [7, 11) is 0. The van der Waals surface area contributed by atoms with E-state index in [0.717, 1.165) is 73.8 Å². The highest BCUT2D eigenvalue weighted by molar-refractivity contribution is 6.33. The number of fused-ring (bicyclic) bond motifs is 1. The van der Waals surface area contributed by atoms with E-state index < -0.39 is 30.5 Å². The van der Waals surface area contributed by atoms with Crippen molar-refractivity contribution in [1.29, 1.82) is 0 Å². The average molecular weight is 691 g/mol. The van der Waals surface area contributed by atoms with Crippen molar-refractivity contribution in [3.8, 4) is 11.5 Å². The normalized spacial score (nSPS) is 23.6. The van der Waals surface area contributed by atoms with E-state index in [9.17, 15) is 5.11 Å². The zero-order valence-corrected chi connectivity index (χ0v) is 30.6. The molecule has 2 aliphatic rings. The minimum atomic E-state index is -0.843. The molecule has 0 aromatic heterocycles. The van der Waals surface area contributed by atoms with Crippen molar-refractivity contribution >= 4 is 11.6 Å². The van der Waals surface area contributed by atoms with E-state index in [1.165, 1.54) is 0 Å². The maximum Gasteiger partial charge on any atom is 0.144 e. The predicted octanol–water partition coefficient (Wildman–Crippen LogP) is 8.57. The molecule has 1 fully saturated rings. The molecule has 0 aliphatic carbocycles. The average Bonchev–Trinajstić information content (AvgIpc) is 3.48. The van der Waals surface area contributed by atoms with Crippen LogP contribution < -0.4 is 9.47 Å². The molecule has 2 unspecified atom stereocenters. The third-order valence-electron chi connectivity index (χ3n) is 9.00. The Kier molecular flexibility index (Phi) is 16.8. The second-order valence-corrected chi connectivity index (χ2v) is 13.2. The van der Waals surface area contributed by atoms with Crippen LogP contribution in [0, 0.1) is 0 Å². The highest BCUT2D eigenvalue weighted by Crippen LogP contribution is 2.49. The quantitative estimate of drug-likeness (QED) is 0.123. The largest absolute Gasteiger partial charge is 0.494 e. The highest BCUT2D eigenvalue weighted by atomic mass is 35.5. The zero-order valence-electron chi connectivity index (χ0n) is 29.8. The molecule has 4 rings (SSSR count). The summed E-state index contributed by atoms with van der Waals surface area (Å²) >= 11 is 7.04. The van der Waals surface area contributed by atoms with Gasteiger partial charge < -0.3 is 38.3 Å². The Balaban J connectivity index is 1.79. The monoisotopic (exact) mass is 690 g/mol. The Bertz CT molecular complexity index is 1210. The SMILES string of the molecule is CCCCOC[C@H]1OC(c2cc(Cc3ccc(OCC)cc3)c(Cl)c3c2C(O)CO3)[C@H](OCCCC)[C@@H](OCCCC)[C@@H]1OCCCC. The minimum Gasteiger partial charge on any atom is -0.494 e. The van der Waals surface area contributed by atoms with Gasteiger partial charge in [-0.1, -0.05) is 83.2 Å². The number of ether oxygens (including phenoxy) is 7. The van der Waals surface area contributed by atoms with Crippen molar-refractivity contribution in [3.63, 3.8) is 0 Å².